The van der Waals surface area contributed by atoms with Gasteiger partial charge in [0.25, 0.3) is 0 Å². The monoisotopic (exact) mass is 822 g/mol. The van der Waals surface area contributed by atoms with Crippen LogP contribution in [0.25, 0.3) is 0 Å². The van der Waals surface area contributed by atoms with Crippen LogP contribution in [0.4, 0.5) is 0 Å². The third-order valence-corrected chi connectivity index (χ3v) is 10.8. The molecule has 0 spiro atoms. The first-order chi connectivity index (χ1) is 28.0. The van der Waals surface area contributed by atoms with E-state index in [1.54, 1.807) is 8.61 Å². The van der Waals surface area contributed by atoms with Gasteiger partial charge in [-0.25, -0.2) is 8.61 Å². The van der Waals surface area contributed by atoms with Crippen molar-refractivity contribution in [1.82, 2.24) is 8.61 Å². The number of nitrogens with zero attached hydrogens (tertiary/aromatic N) is 2. The van der Waals surface area contributed by atoms with Gasteiger partial charge in [0.2, 0.25) is 10.2 Å². The highest BCUT2D eigenvalue weighted by molar-refractivity contribution is 8.11. The Morgan fingerprint density at radius 2 is 0.862 bits per heavy atom. The molecule has 1 aliphatic carbocycles. The molecule has 0 aliphatic heterocycles. The van der Waals surface area contributed by atoms with Gasteiger partial charge in [-0.15, -0.1) is 13.2 Å². The molecule has 0 N–H and O–H groups in total. The van der Waals surface area contributed by atoms with Crippen molar-refractivity contribution in [3.05, 3.63) is 142 Å². The minimum atomic E-state index is -0.0841. The van der Waals surface area contributed by atoms with Crippen LogP contribution in [0.3, 0.4) is 0 Å². The first-order valence-corrected chi connectivity index (χ1v) is 21.6. The third kappa shape index (κ3) is 12.3. The number of carbonyl (C=O) groups is 2. The average Bonchev–Trinajstić information content (AvgIpc) is 3.16. The number of hydrogen-bond acceptors (Lipinski definition) is 10. The van der Waals surface area contributed by atoms with Crippen LogP contribution in [0.1, 0.15) is 82.3 Å². The predicted molar refractivity (Wildman–Crippen MR) is 240 cm³/mol. The quantitative estimate of drug-likeness (QED) is 0.0630. The van der Waals surface area contributed by atoms with E-state index in [0.717, 1.165) is 104 Å². The van der Waals surface area contributed by atoms with Gasteiger partial charge >= 0.3 is 0 Å². The van der Waals surface area contributed by atoms with E-state index in [1.807, 2.05) is 40.3 Å². The highest BCUT2D eigenvalue weighted by atomic mass is 32.2. The van der Waals surface area contributed by atoms with Gasteiger partial charge in [-0.05, 0) is 110 Å². The summed E-state index contributed by atoms with van der Waals surface area (Å²) >= 11 is 2.26. The Kier molecular flexibility index (Phi) is 17.0. The molecule has 8 bridgehead atoms. The minimum Gasteiger partial charge on any atom is -0.493 e. The number of allylic oxidation sites excluding steroid dienone is 2. The van der Waals surface area contributed by atoms with Gasteiger partial charge in [0.1, 0.15) is 23.0 Å². The van der Waals surface area contributed by atoms with Gasteiger partial charge in [0, 0.05) is 49.6 Å². The number of carbonyl (C=O) groups excluding carboxylic acids is 2. The first kappa shape index (κ1) is 44.6. The summed E-state index contributed by atoms with van der Waals surface area (Å²) in [7, 11) is 7.40. The Balaban J connectivity index is 1.80. The van der Waals surface area contributed by atoms with Gasteiger partial charge in [-0.1, -0.05) is 86.7 Å². The highest BCUT2D eigenvalue weighted by Gasteiger charge is 2.24. The largest absolute Gasteiger partial charge is 0.493 e. The lowest BCUT2D eigenvalue weighted by molar-refractivity contribution is -0.113. The molecule has 308 valence electrons. The number of rotatable bonds is 18. The molecule has 10 heteroatoms. The molecule has 0 saturated carbocycles. The third-order valence-electron chi connectivity index (χ3n) is 9.38. The maximum Gasteiger partial charge on any atom is 0.241 e. The van der Waals surface area contributed by atoms with Crippen molar-refractivity contribution in [2.24, 2.45) is 0 Å². The van der Waals surface area contributed by atoms with Crippen molar-refractivity contribution in [3.8, 4) is 23.0 Å². The summed E-state index contributed by atoms with van der Waals surface area (Å²) in [6, 6.07) is 21.3. The van der Waals surface area contributed by atoms with Crippen LogP contribution in [0.5, 0.6) is 23.0 Å². The molecule has 0 fully saturated rings. The fraction of sp³-hybridized carbons (Fsp3) is 0.375. The van der Waals surface area contributed by atoms with Crippen molar-refractivity contribution in [2.45, 2.75) is 65.2 Å². The Bertz CT molecular complexity index is 1840. The van der Waals surface area contributed by atoms with E-state index in [0.29, 0.717) is 63.2 Å². The van der Waals surface area contributed by atoms with Crippen LogP contribution in [0.2, 0.25) is 0 Å². The molecule has 0 radical (unpaired) electrons. The molecule has 1 aliphatic rings. The fourth-order valence-electron chi connectivity index (χ4n) is 7.27. The van der Waals surface area contributed by atoms with Crippen molar-refractivity contribution in [1.29, 1.82) is 0 Å². The number of para-hydroxylation sites is 2. The zero-order chi connectivity index (χ0) is 41.6. The summed E-state index contributed by atoms with van der Waals surface area (Å²) in [5.41, 5.74) is 10.1. The van der Waals surface area contributed by atoms with Gasteiger partial charge in [0.05, 0.1) is 13.2 Å². The van der Waals surface area contributed by atoms with Crippen LogP contribution in [0.15, 0.2) is 86.0 Å². The van der Waals surface area contributed by atoms with Crippen molar-refractivity contribution in [3.63, 3.8) is 0 Å². The molecule has 0 heterocycles. The van der Waals surface area contributed by atoms with Gasteiger partial charge in [-0.3, -0.25) is 9.59 Å². The molecule has 0 saturated heterocycles. The summed E-state index contributed by atoms with van der Waals surface area (Å²) in [4.78, 5) is 26.2. The van der Waals surface area contributed by atoms with Crippen molar-refractivity contribution in [2.75, 3.05) is 54.6 Å². The Morgan fingerprint density at radius 1 is 0.552 bits per heavy atom. The molecular weight excluding hydrogens is 765 g/mol. The van der Waals surface area contributed by atoms with Crippen LogP contribution >= 0.6 is 23.9 Å². The second-order valence-electron chi connectivity index (χ2n) is 14.8. The zero-order valence-corrected chi connectivity index (χ0v) is 36.6. The van der Waals surface area contributed by atoms with E-state index in [1.165, 1.54) is 0 Å². The molecule has 8 nitrogen and oxygen atoms in total. The van der Waals surface area contributed by atoms with Crippen LogP contribution in [-0.4, -0.2) is 73.5 Å². The molecule has 58 heavy (non-hydrogen) atoms. The topological polar surface area (TPSA) is 77.5 Å². The van der Waals surface area contributed by atoms with Crippen LogP contribution in [0, 0.1) is 0 Å². The number of ether oxygens (including phenoxy) is 4. The molecule has 0 aromatic heterocycles. The number of fused-ring (bicyclic) bond motifs is 8. The summed E-state index contributed by atoms with van der Waals surface area (Å²) in [6.07, 6.45) is 8.90. The molecule has 0 amide bonds. The molecule has 4 aromatic rings. The van der Waals surface area contributed by atoms with Crippen LogP contribution < -0.4 is 18.9 Å². The lowest BCUT2D eigenvalue weighted by atomic mass is 9.89. The summed E-state index contributed by atoms with van der Waals surface area (Å²) < 4.78 is 30.1. The van der Waals surface area contributed by atoms with E-state index in [9.17, 15) is 9.59 Å². The Hall–Kier alpha value is -4.48. The lowest BCUT2D eigenvalue weighted by Gasteiger charge is -2.24. The van der Waals surface area contributed by atoms with Gasteiger partial charge in [0.15, 0.2) is 13.2 Å². The maximum atomic E-state index is 13.1. The minimum absolute atomic E-state index is 0.0812. The van der Waals surface area contributed by atoms with Gasteiger partial charge in [-0.2, -0.15) is 0 Å². The molecular formula is C48H58N2O6S2. The average molecular weight is 823 g/mol. The summed E-state index contributed by atoms with van der Waals surface area (Å²) in [5.74, 6) is 3.03. The van der Waals surface area contributed by atoms with Crippen LogP contribution in [-0.2, 0) is 48.1 Å². The second kappa shape index (κ2) is 22.0. The van der Waals surface area contributed by atoms with Crippen molar-refractivity contribution >= 4 is 34.1 Å². The van der Waals surface area contributed by atoms with Gasteiger partial charge < -0.3 is 18.9 Å². The van der Waals surface area contributed by atoms with E-state index in [2.05, 4.69) is 87.7 Å². The highest BCUT2D eigenvalue weighted by Crippen LogP contribution is 2.40. The van der Waals surface area contributed by atoms with E-state index in [4.69, 9.17) is 18.9 Å². The van der Waals surface area contributed by atoms with Crippen molar-refractivity contribution < 1.29 is 28.5 Å². The zero-order valence-electron chi connectivity index (χ0n) is 35.0. The lowest BCUT2D eigenvalue weighted by Crippen LogP contribution is -2.16. The standard InChI is InChI=1S/C48H58N2O6S2/c1-9-15-33-23-39-27-35-17-13-19-37(45(35)53-21-11-3)29-41-25-34(16-10-2)26-42(48(41)56-32-44(52)58-50(7)8)30-38-20-14-18-36(46(38)54-22-12-4)28-40(24-33)47(39)55-31-43(51)57-49(5)6/h9-10,13-14,17-20,23-26H,1-2,11-12,15-16,21-22,27-32H2,3-8H3. The molecule has 4 aromatic carbocycles. The number of benzene rings is 4. The Labute approximate surface area is 354 Å². The van der Waals surface area contributed by atoms with E-state index in [-0.39, 0.29) is 23.4 Å². The van der Waals surface area contributed by atoms with E-state index >= 15 is 0 Å². The molecule has 0 atom stereocenters. The normalized spacial score (nSPS) is 12.3. The summed E-state index contributed by atoms with van der Waals surface area (Å²) in [5, 5.41) is -0.168. The fourth-order valence-corrected chi connectivity index (χ4v) is 8.31. The summed E-state index contributed by atoms with van der Waals surface area (Å²) in [6.45, 7) is 13.3. The smallest absolute Gasteiger partial charge is 0.241 e. The molecule has 5 rings (SSSR count). The SMILES string of the molecule is C=CCc1cc2c(OCC(=O)SN(C)C)c(c1)Cc1cccc(c1OCCC)Cc1cc(CC=C)cc(c1OCC(=O)SN(C)C)Cc1cccc(c1OCCC)C2. The first-order valence-electron chi connectivity index (χ1n) is 20.0. The second-order valence-corrected chi connectivity index (χ2v) is 17.6. The Morgan fingerprint density at radius 3 is 1.14 bits per heavy atom. The number of hydrogen-bond donors (Lipinski definition) is 0. The van der Waals surface area contributed by atoms with E-state index < -0.39 is 0 Å². The molecule has 0 unspecified atom stereocenters. The predicted octanol–water partition coefficient (Wildman–Crippen LogP) is 9.63. The maximum absolute atomic E-state index is 13.1.